The molecule has 0 saturated carbocycles. The Morgan fingerprint density at radius 2 is 1.77 bits per heavy atom. The number of nitrogens with zero attached hydrogens (tertiary/aromatic N) is 1. The molecule has 8 nitrogen and oxygen atoms in total. The van der Waals surface area contributed by atoms with Crippen molar-refractivity contribution >= 4 is 44.7 Å². The highest BCUT2D eigenvalue weighted by molar-refractivity contribution is 7.85. The fraction of sp³-hybridized carbons (Fsp3) is 0.118. The molecule has 0 bridgehead atoms. The number of hydroxylamine groups is 2. The van der Waals surface area contributed by atoms with E-state index in [1.807, 2.05) is 0 Å². The molecule has 0 spiro atoms. The van der Waals surface area contributed by atoms with Crippen LogP contribution in [0.1, 0.15) is 26.3 Å². The van der Waals surface area contributed by atoms with Crippen LogP contribution in [0.15, 0.2) is 36.4 Å². The predicted molar refractivity (Wildman–Crippen MR) is 93.5 cm³/mol. The summed E-state index contributed by atoms with van der Waals surface area (Å²) in [6.45, 7) is 0. The van der Waals surface area contributed by atoms with Crippen LogP contribution in [0.4, 0.5) is 0 Å². The van der Waals surface area contributed by atoms with E-state index in [2.05, 4.69) is 9.60 Å². The van der Waals surface area contributed by atoms with E-state index in [0.717, 1.165) is 6.26 Å². The Balaban J connectivity index is 2.19. The van der Waals surface area contributed by atoms with Gasteiger partial charge < -0.3 is 5.32 Å². The molecule has 26 heavy (non-hydrogen) atoms. The Hall–Kier alpha value is -3.04. The molecule has 1 aliphatic rings. The fourth-order valence-corrected chi connectivity index (χ4v) is 3.10. The van der Waals surface area contributed by atoms with Crippen molar-refractivity contribution in [1.82, 2.24) is 10.4 Å². The van der Waals surface area contributed by atoms with E-state index in [-0.39, 0.29) is 22.1 Å². The zero-order valence-electron chi connectivity index (χ0n) is 13.8. The SMILES string of the molecule is CNC(=O)/C=C/c1ccc2c3c(cccc13)C(=O)N(OS(C)(=O)=O)C2=O. The van der Waals surface area contributed by atoms with Gasteiger partial charge in [0.2, 0.25) is 5.91 Å². The lowest BCUT2D eigenvalue weighted by molar-refractivity contribution is -0.115. The van der Waals surface area contributed by atoms with Crippen LogP contribution in [-0.4, -0.2) is 44.5 Å². The number of nitrogens with one attached hydrogen (secondary N) is 1. The highest BCUT2D eigenvalue weighted by Crippen LogP contribution is 2.33. The molecule has 0 radical (unpaired) electrons. The molecule has 0 aromatic heterocycles. The lowest BCUT2D eigenvalue weighted by atomic mass is 9.92. The maximum Gasteiger partial charge on any atom is 0.286 e. The number of carbonyl (C=O) groups excluding carboxylic acids is 3. The van der Waals surface area contributed by atoms with E-state index in [0.29, 0.717) is 16.3 Å². The summed E-state index contributed by atoms with van der Waals surface area (Å²) in [4.78, 5) is 36.5. The first-order valence-corrected chi connectivity index (χ1v) is 9.28. The lowest BCUT2D eigenvalue weighted by Crippen LogP contribution is -2.41. The van der Waals surface area contributed by atoms with Gasteiger partial charge in [0.1, 0.15) is 0 Å². The van der Waals surface area contributed by atoms with Crippen LogP contribution in [0.2, 0.25) is 0 Å². The van der Waals surface area contributed by atoms with Crippen LogP contribution in [0, 0.1) is 0 Å². The van der Waals surface area contributed by atoms with Crippen molar-refractivity contribution in [3.63, 3.8) is 0 Å². The van der Waals surface area contributed by atoms with Crippen molar-refractivity contribution < 1.29 is 27.1 Å². The van der Waals surface area contributed by atoms with Crippen LogP contribution in [0.25, 0.3) is 16.8 Å². The number of likely N-dealkylation sites (N-methyl/N-ethyl adjacent to an activating group) is 1. The zero-order chi connectivity index (χ0) is 19.1. The Kier molecular flexibility index (Phi) is 4.34. The molecule has 3 amide bonds. The van der Waals surface area contributed by atoms with Crippen LogP contribution < -0.4 is 5.32 Å². The van der Waals surface area contributed by atoms with Crippen molar-refractivity contribution in [2.75, 3.05) is 13.3 Å². The summed E-state index contributed by atoms with van der Waals surface area (Å²) in [6, 6.07) is 7.85. The van der Waals surface area contributed by atoms with Crippen molar-refractivity contribution in [3.05, 3.63) is 53.1 Å². The molecule has 0 atom stereocenters. The van der Waals surface area contributed by atoms with Crippen molar-refractivity contribution in [2.24, 2.45) is 0 Å². The number of benzene rings is 2. The van der Waals surface area contributed by atoms with Crippen molar-refractivity contribution in [3.8, 4) is 0 Å². The molecule has 3 rings (SSSR count). The number of rotatable bonds is 4. The Morgan fingerprint density at radius 1 is 1.12 bits per heavy atom. The van der Waals surface area contributed by atoms with Crippen molar-refractivity contribution in [1.29, 1.82) is 0 Å². The van der Waals surface area contributed by atoms with Gasteiger partial charge >= 0.3 is 0 Å². The first-order valence-electron chi connectivity index (χ1n) is 7.47. The van der Waals surface area contributed by atoms with Crippen molar-refractivity contribution in [2.45, 2.75) is 0 Å². The van der Waals surface area contributed by atoms with Gasteiger partial charge in [0.15, 0.2) is 0 Å². The molecule has 9 heteroatoms. The topological polar surface area (TPSA) is 110 Å². The quantitative estimate of drug-likeness (QED) is 0.634. The van der Waals surface area contributed by atoms with Crippen LogP contribution in [0.3, 0.4) is 0 Å². The van der Waals surface area contributed by atoms with E-state index in [1.54, 1.807) is 24.3 Å². The average Bonchev–Trinajstić information content (AvgIpc) is 2.60. The second-order valence-corrected chi connectivity index (χ2v) is 7.12. The minimum atomic E-state index is -4.06. The third-order valence-electron chi connectivity index (χ3n) is 3.77. The maximum atomic E-state index is 12.5. The Bertz CT molecular complexity index is 1070. The highest BCUT2D eigenvalue weighted by atomic mass is 32.2. The lowest BCUT2D eigenvalue weighted by Gasteiger charge is -2.25. The molecule has 2 aromatic rings. The summed E-state index contributed by atoms with van der Waals surface area (Å²) in [5.74, 6) is -2.04. The van der Waals surface area contributed by atoms with E-state index < -0.39 is 21.9 Å². The third-order valence-corrected chi connectivity index (χ3v) is 4.19. The van der Waals surface area contributed by atoms with Crippen LogP contribution in [0.5, 0.6) is 0 Å². The standard InChI is InChI=1S/C17H14N2O6S/c1-18-14(20)9-7-10-6-8-13-15-11(10)4-3-5-12(15)16(21)19(17(13)22)25-26(2,23)24/h3-9H,1-2H3,(H,18,20)/b9-7+. The summed E-state index contributed by atoms with van der Waals surface area (Å²) in [5, 5.41) is 3.67. The Morgan fingerprint density at radius 3 is 2.38 bits per heavy atom. The van der Waals surface area contributed by atoms with E-state index in [9.17, 15) is 22.8 Å². The summed E-state index contributed by atoms with van der Waals surface area (Å²) in [7, 11) is -2.56. The van der Waals surface area contributed by atoms with E-state index in [1.165, 1.54) is 25.3 Å². The van der Waals surface area contributed by atoms with Gasteiger partial charge in [-0.3, -0.25) is 14.4 Å². The minimum absolute atomic E-state index is 0.135. The molecule has 1 N–H and O–H groups in total. The largest absolute Gasteiger partial charge is 0.356 e. The molecule has 1 heterocycles. The summed E-state index contributed by atoms with van der Waals surface area (Å²) >= 11 is 0. The number of hydrogen-bond donors (Lipinski definition) is 1. The smallest absolute Gasteiger partial charge is 0.286 e. The second kappa shape index (κ2) is 6.36. The molecule has 0 saturated heterocycles. The van der Waals surface area contributed by atoms with Gasteiger partial charge in [-0.15, -0.1) is 9.35 Å². The highest BCUT2D eigenvalue weighted by Gasteiger charge is 2.36. The van der Waals surface area contributed by atoms with Gasteiger partial charge in [-0.25, -0.2) is 0 Å². The molecule has 0 unspecified atom stereocenters. The average molecular weight is 374 g/mol. The van der Waals surface area contributed by atoms with Crippen LogP contribution >= 0.6 is 0 Å². The minimum Gasteiger partial charge on any atom is -0.356 e. The maximum absolute atomic E-state index is 12.5. The monoisotopic (exact) mass is 374 g/mol. The molecule has 0 aliphatic carbocycles. The van der Waals surface area contributed by atoms with Gasteiger partial charge in [0, 0.05) is 18.5 Å². The number of amides is 3. The molecular weight excluding hydrogens is 360 g/mol. The first-order chi connectivity index (χ1) is 12.2. The van der Waals surface area contributed by atoms with Gasteiger partial charge in [-0.1, -0.05) is 18.2 Å². The zero-order valence-corrected chi connectivity index (χ0v) is 14.7. The normalized spacial score (nSPS) is 14.3. The van der Waals surface area contributed by atoms with E-state index >= 15 is 0 Å². The molecular formula is C17H14N2O6S. The second-order valence-electron chi connectivity index (χ2n) is 5.56. The predicted octanol–water partition coefficient (Wildman–Crippen LogP) is 1.09. The molecule has 134 valence electrons. The molecule has 1 aliphatic heterocycles. The summed E-state index contributed by atoms with van der Waals surface area (Å²) < 4.78 is 27.3. The number of carbonyl (C=O) groups is 3. The van der Waals surface area contributed by atoms with Gasteiger partial charge in [0.25, 0.3) is 21.9 Å². The summed E-state index contributed by atoms with van der Waals surface area (Å²) in [5.41, 5.74) is 0.902. The number of imide groups is 1. The first kappa shape index (κ1) is 17.8. The van der Waals surface area contributed by atoms with Gasteiger partial charge in [-0.05, 0) is 29.2 Å². The molecule has 2 aromatic carbocycles. The van der Waals surface area contributed by atoms with E-state index in [4.69, 9.17) is 0 Å². The van der Waals surface area contributed by atoms with Crippen LogP contribution in [-0.2, 0) is 19.2 Å². The fourth-order valence-electron chi connectivity index (χ4n) is 2.69. The van der Waals surface area contributed by atoms with Gasteiger partial charge in [-0.2, -0.15) is 8.42 Å². The number of hydrogen-bond acceptors (Lipinski definition) is 6. The third kappa shape index (κ3) is 3.09. The summed E-state index contributed by atoms with van der Waals surface area (Å²) in [6.07, 6.45) is 3.64. The van der Waals surface area contributed by atoms with Gasteiger partial charge in [0.05, 0.1) is 17.4 Å². The Labute approximate surface area is 149 Å². The molecule has 0 fully saturated rings.